The number of hydrazine groups is 1. The predicted molar refractivity (Wildman–Crippen MR) is 94.2 cm³/mol. The van der Waals surface area contributed by atoms with Crippen LogP contribution < -0.4 is 15.6 Å². The molecule has 0 bridgehead atoms. The second-order valence-electron chi connectivity index (χ2n) is 5.73. The Hall–Kier alpha value is -2.83. The topological polar surface area (TPSA) is 85.2 Å². The van der Waals surface area contributed by atoms with Gasteiger partial charge in [-0.2, -0.15) is 5.10 Å². The summed E-state index contributed by atoms with van der Waals surface area (Å²) < 4.78 is 7.13. The minimum absolute atomic E-state index is 0.248. The van der Waals surface area contributed by atoms with E-state index >= 15 is 0 Å². The molecule has 1 aromatic carbocycles. The minimum Gasteiger partial charge on any atom is -0.494 e. The molecular formula is C18H24N4O3. The molecule has 2 N–H and O–H groups in total. The van der Waals surface area contributed by atoms with Crippen molar-refractivity contribution in [2.75, 3.05) is 6.61 Å². The second-order valence-corrected chi connectivity index (χ2v) is 5.73. The number of hydrogen-bond donors (Lipinski definition) is 2. The Kier molecular flexibility index (Phi) is 6.16. The van der Waals surface area contributed by atoms with Crippen LogP contribution in [0.4, 0.5) is 0 Å². The fourth-order valence-electron chi connectivity index (χ4n) is 2.55. The van der Waals surface area contributed by atoms with Gasteiger partial charge in [-0.1, -0.05) is 0 Å². The van der Waals surface area contributed by atoms with Gasteiger partial charge >= 0.3 is 0 Å². The molecule has 0 fully saturated rings. The molecule has 0 saturated carbocycles. The summed E-state index contributed by atoms with van der Waals surface area (Å²) in [5.74, 6) is 0.0809. The van der Waals surface area contributed by atoms with Crippen LogP contribution in [0.3, 0.4) is 0 Å². The van der Waals surface area contributed by atoms with Crippen LogP contribution >= 0.6 is 0 Å². The van der Waals surface area contributed by atoms with Gasteiger partial charge in [0, 0.05) is 24.7 Å². The number of aryl methyl sites for hydroxylation is 2. The number of hydrogen-bond acceptors (Lipinski definition) is 4. The van der Waals surface area contributed by atoms with Gasteiger partial charge in [-0.25, -0.2) is 0 Å². The van der Waals surface area contributed by atoms with Gasteiger partial charge in [-0.05, 0) is 57.0 Å². The van der Waals surface area contributed by atoms with Gasteiger partial charge in [-0.15, -0.1) is 0 Å². The van der Waals surface area contributed by atoms with E-state index in [9.17, 15) is 9.59 Å². The van der Waals surface area contributed by atoms with Gasteiger partial charge in [0.1, 0.15) is 5.75 Å². The van der Waals surface area contributed by atoms with Crippen LogP contribution in [0.5, 0.6) is 5.75 Å². The molecular weight excluding hydrogens is 320 g/mol. The number of aromatic nitrogens is 2. The predicted octanol–water partition coefficient (Wildman–Crippen LogP) is 1.83. The van der Waals surface area contributed by atoms with E-state index < -0.39 is 0 Å². The molecule has 2 aromatic rings. The average Bonchev–Trinajstić information content (AvgIpc) is 2.84. The average molecular weight is 344 g/mol. The van der Waals surface area contributed by atoms with Crippen molar-refractivity contribution < 1.29 is 14.3 Å². The lowest BCUT2D eigenvalue weighted by Crippen LogP contribution is -2.41. The molecule has 0 radical (unpaired) electrons. The van der Waals surface area contributed by atoms with Gasteiger partial charge in [0.25, 0.3) is 5.91 Å². The van der Waals surface area contributed by atoms with Crippen molar-refractivity contribution in [2.24, 2.45) is 7.05 Å². The van der Waals surface area contributed by atoms with Crippen LogP contribution in [0.25, 0.3) is 0 Å². The molecule has 7 heteroatoms. The highest BCUT2D eigenvalue weighted by Gasteiger charge is 2.12. The molecule has 1 heterocycles. The Labute approximate surface area is 147 Å². The smallest absolute Gasteiger partial charge is 0.269 e. The largest absolute Gasteiger partial charge is 0.494 e. The molecule has 7 nitrogen and oxygen atoms in total. The van der Waals surface area contributed by atoms with Crippen LogP contribution in [-0.4, -0.2) is 28.2 Å². The highest BCUT2D eigenvalue weighted by molar-refractivity contribution is 5.95. The van der Waals surface area contributed by atoms with Gasteiger partial charge in [0.05, 0.1) is 12.3 Å². The summed E-state index contributed by atoms with van der Waals surface area (Å²) >= 11 is 0. The Morgan fingerprint density at radius 3 is 2.40 bits per heavy atom. The lowest BCUT2D eigenvalue weighted by molar-refractivity contribution is -0.121. The van der Waals surface area contributed by atoms with Crippen LogP contribution in [-0.2, 0) is 18.3 Å². The van der Waals surface area contributed by atoms with Crippen molar-refractivity contribution in [1.82, 2.24) is 20.6 Å². The number of nitrogens with one attached hydrogen (secondary N) is 2. The third-order valence-electron chi connectivity index (χ3n) is 4.00. The highest BCUT2D eigenvalue weighted by atomic mass is 16.5. The number of carbonyl (C=O) groups is 2. The summed E-state index contributed by atoms with van der Waals surface area (Å²) in [5, 5.41) is 4.33. The third-order valence-corrected chi connectivity index (χ3v) is 4.00. The minimum atomic E-state index is -0.370. The second kappa shape index (κ2) is 8.32. The number of carbonyl (C=O) groups excluding carboxylic acids is 2. The molecule has 2 amide bonds. The van der Waals surface area contributed by atoms with Gasteiger partial charge in [-0.3, -0.25) is 25.1 Å². The Balaban J connectivity index is 1.82. The number of rotatable bonds is 6. The van der Waals surface area contributed by atoms with Crippen molar-refractivity contribution in [3.63, 3.8) is 0 Å². The van der Waals surface area contributed by atoms with Crippen LogP contribution in [0.2, 0.25) is 0 Å². The van der Waals surface area contributed by atoms with E-state index in [1.54, 1.807) is 28.9 Å². The van der Waals surface area contributed by atoms with Crippen LogP contribution in [0.15, 0.2) is 24.3 Å². The zero-order valence-corrected chi connectivity index (χ0v) is 15.0. The van der Waals surface area contributed by atoms with Crippen molar-refractivity contribution >= 4 is 11.8 Å². The van der Waals surface area contributed by atoms with E-state index in [1.807, 2.05) is 27.8 Å². The Bertz CT molecular complexity index is 750. The van der Waals surface area contributed by atoms with Crippen molar-refractivity contribution in [3.8, 4) is 5.75 Å². The first-order chi connectivity index (χ1) is 11.9. The normalized spacial score (nSPS) is 10.4. The van der Waals surface area contributed by atoms with E-state index in [1.165, 1.54) is 0 Å². The summed E-state index contributed by atoms with van der Waals surface area (Å²) in [6.45, 7) is 6.36. The van der Waals surface area contributed by atoms with Crippen LogP contribution in [0.1, 0.15) is 40.7 Å². The molecule has 2 rings (SSSR count). The fourth-order valence-corrected chi connectivity index (χ4v) is 2.55. The van der Waals surface area contributed by atoms with E-state index in [4.69, 9.17) is 4.74 Å². The highest BCUT2D eigenvalue weighted by Crippen LogP contribution is 2.14. The van der Waals surface area contributed by atoms with E-state index in [2.05, 4.69) is 16.0 Å². The van der Waals surface area contributed by atoms with E-state index in [0.29, 0.717) is 24.3 Å². The molecule has 0 aliphatic rings. The SMILES string of the molecule is CCOc1ccc(C(=O)NNC(=O)CCc2c(C)nn(C)c2C)cc1. The zero-order valence-electron chi connectivity index (χ0n) is 15.0. The van der Waals surface area contributed by atoms with Crippen LogP contribution in [0, 0.1) is 13.8 Å². The molecule has 0 unspecified atom stereocenters. The lowest BCUT2D eigenvalue weighted by Gasteiger charge is -2.08. The zero-order chi connectivity index (χ0) is 18.4. The third kappa shape index (κ3) is 4.82. The summed E-state index contributed by atoms with van der Waals surface area (Å²) in [6, 6.07) is 6.73. The first-order valence-electron chi connectivity index (χ1n) is 8.23. The summed E-state index contributed by atoms with van der Waals surface area (Å²) in [5.41, 5.74) is 8.34. The number of benzene rings is 1. The molecule has 25 heavy (non-hydrogen) atoms. The first kappa shape index (κ1) is 18.5. The van der Waals surface area contributed by atoms with Crippen molar-refractivity contribution in [3.05, 3.63) is 46.8 Å². The molecule has 0 spiro atoms. The molecule has 0 aliphatic heterocycles. The van der Waals surface area contributed by atoms with Crippen molar-refractivity contribution in [1.29, 1.82) is 0 Å². The summed E-state index contributed by atoms with van der Waals surface area (Å²) in [6.07, 6.45) is 0.854. The fraction of sp³-hybridized carbons (Fsp3) is 0.389. The number of nitrogens with zero attached hydrogens (tertiary/aromatic N) is 2. The molecule has 0 atom stereocenters. The Morgan fingerprint density at radius 1 is 1.16 bits per heavy atom. The maximum absolute atomic E-state index is 12.0. The van der Waals surface area contributed by atoms with E-state index in [0.717, 1.165) is 17.0 Å². The maximum Gasteiger partial charge on any atom is 0.269 e. The lowest BCUT2D eigenvalue weighted by atomic mass is 10.1. The number of amides is 2. The standard InChI is InChI=1S/C18H24N4O3/c1-5-25-15-8-6-14(7-9-15)18(24)20-19-17(23)11-10-16-12(2)21-22(4)13(16)3/h6-9H,5,10-11H2,1-4H3,(H,19,23)(H,20,24). The Morgan fingerprint density at radius 2 is 1.84 bits per heavy atom. The first-order valence-corrected chi connectivity index (χ1v) is 8.23. The van der Waals surface area contributed by atoms with Crippen molar-refractivity contribution in [2.45, 2.75) is 33.6 Å². The van der Waals surface area contributed by atoms with Gasteiger partial charge in [0.15, 0.2) is 0 Å². The summed E-state index contributed by atoms with van der Waals surface area (Å²) in [4.78, 5) is 24.0. The molecule has 134 valence electrons. The monoisotopic (exact) mass is 344 g/mol. The summed E-state index contributed by atoms with van der Waals surface area (Å²) in [7, 11) is 1.88. The molecule has 0 saturated heterocycles. The quantitative estimate of drug-likeness (QED) is 0.783. The molecule has 1 aromatic heterocycles. The molecule has 0 aliphatic carbocycles. The maximum atomic E-state index is 12.0. The number of ether oxygens (including phenoxy) is 1. The van der Waals surface area contributed by atoms with E-state index in [-0.39, 0.29) is 18.2 Å². The van der Waals surface area contributed by atoms with Gasteiger partial charge < -0.3 is 4.74 Å². The van der Waals surface area contributed by atoms with Gasteiger partial charge in [0.2, 0.25) is 5.91 Å².